The fourth-order valence-electron chi connectivity index (χ4n) is 2.90. The van der Waals surface area contributed by atoms with Crippen molar-refractivity contribution in [3.05, 3.63) is 71.3 Å². The van der Waals surface area contributed by atoms with E-state index in [9.17, 15) is 4.79 Å². The molecule has 0 fully saturated rings. The summed E-state index contributed by atoms with van der Waals surface area (Å²) in [5, 5.41) is 3.01. The van der Waals surface area contributed by atoms with Crippen LogP contribution in [-0.4, -0.2) is 17.5 Å². The number of urea groups is 1. The summed E-state index contributed by atoms with van der Waals surface area (Å²) in [5.74, 6) is 0.387. The lowest BCUT2D eigenvalue weighted by Gasteiger charge is -2.33. The standard InChI is InChI=1S/C18H20N2O/c1-14-12-20(13-16-9-5-6-10-17(14)16)18(21)19-11-15-7-3-2-4-8-15/h2-10,14H,11-13H2,1H3,(H,19,21). The Hall–Kier alpha value is -2.29. The van der Waals surface area contributed by atoms with Gasteiger partial charge in [0.1, 0.15) is 0 Å². The predicted molar refractivity (Wildman–Crippen MR) is 83.9 cm³/mol. The number of nitrogens with zero attached hydrogens (tertiary/aromatic N) is 1. The molecule has 2 amide bonds. The first-order valence-corrected chi connectivity index (χ1v) is 7.38. The van der Waals surface area contributed by atoms with Gasteiger partial charge in [-0.25, -0.2) is 4.79 Å². The van der Waals surface area contributed by atoms with Gasteiger partial charge in [-0.3, -0.25) is 0 Å². The average molecular weight is 280 g/mol. The number of benzene rings is 2. The summed E-state index contributed by atoms with van der Waals surface area (Å²) in [6.07, 6.45) is 0. The van der Waals surface area contributed by atoms with E-state index in [1.165, 1.54) is 11.1 Å². The van der Waals surface area contributed by atoms with Gasteiger partial charge in [0, 0.05) is 19.6 Å². The van der Waals surface area contributed by atoms with Gasteiger partial charge >= 0.3 is 6.03 Å². The lowest BCUT2D eigenvalue weighted by atomic mass is 9.91. The maximum atomic E-state index is 12.3. The topological polar surface area (TPSA) is 32.3 Å². The molecule has 1 aliphatic rings. The van der Waals surface area contributed by atoms with Crippen LogP contribution in [0.15, 0.2) is 54.6 Å². The van der Waals surface area contributed by atoms with Gasteiger partial charge in [0.15, 0.2) is 0 Å². The Balaban J connectivity index is 1.64. The second-order valence-corrected chi connectivity index (χ2v) is 5.62. The molecule has 1 N–H and O–H groups in total. The van der Waals surface area contributed by atoms with Gasteiger partial charge in [0.25, 0.3) is 0 Å². The highest BCUT2D eigenvalue weighted by molar-refractivity contribution is 5.74. The molecule has 0 aliphatic carbocycles. The lowest BCUT2D eigenvalue weighted by molar-refractivity contribution is 0.187. The van der Waals surface area contributed by atoms with E-state index >= 15 is 0 Å². The van der Waals surface area contributed by atoms with Gasteiger partial charge in [-0.15, -0.1) is 0 Å². The SMILES string of the molecule is CC1CN(C(=O)NCc2ccccc2)Cc2ccccc21. The summed E-state index contributed by atoms with van der Waals surface area (Å²) in [7, 11) is 0. The molecule has 1 aliphatic heterocycles. The third-order valence-corrected chi connectivity index (χ3v) is 4.02. The van der Waals surface area contributed by atoms with Crippen LogP contribution in [-0.2, 0) is 13.1 Å². The van der Waals surface area contributed by atoms with Crippen LogP contribution in [0.2, 0.25) is 0 Å². The minimum Gasteiger partial charge on any atom is -0.334 e. The Kier molecular flexibility index (Phi) is 3.91. The van der Waals surface area contributed by atoms with Crippen LogP contribution in [0.3, 0.4) is 0 Å². The van der Waals surface area contributed by atoms with Crippen LogP contribution < -0.4 is 5.32 Å². The van der Waals surface area contributed by atoms with Crippen LogP contribution in [0.5, 0.6) is 0 Å². The number of hydrogen-bond donors (Lipinski definition) is 1. The largest absolute Gasteiger partial charge is 0.334 e. The third kappa shape index (κ3) is 3.07. The first kappa shape index (κ1) is 13.7. The Morgan fingerprint density at radius 2 is 1.86 bits per heavy atom. The molecule has 1 atom stereocenters. The highest BCUT2D eigenvalue weighted by Crippen LogP contribution is 2.27. The molecule has 21 heavy (non-hydrogen) atoms. The summed E-state index contributed by atoms with van der Waals surface area (Å²) in [4.78, 5) is 14.2. The quantitative estimate of drug-likeness (QED) is 0.897. The minimum atomic E-state index is 0.0141. The highest BCUT2D eigenvalue weighted by Gasteiger charge is 2.24. The Labute approximate surface area is 125 Å². The maximum absolute atomic E-state index is 12.3. The van der Waals surface area contributed by atoms with Crippen LogP contribution in [0, 0.1) is 0 Å². The first-order valence-electron chi connectivity index (χ1n) is 7.38. The van der Waals surface area contributed by atoms with Crippen molar-refractivity contribution in [2.75, 3.05) is 6.54 Å². The Bertz CT molecular complexity index is 624. The molecular weight excluding hydrogens is 260 g/mol. The van der Waals surface area contributed by atoms with Crippen molar-refractivity contribution in [1.82, 2.24) is 10.2 Å². The zero-order valence-corrected chi connectivity index (χ0v) is 12.3. The summed E-state index contributed by atoms with van der Waals surface area (Å²) in [5.41, 5.74) is 3.74. The molecule has 0 radical (unpaired) electrons. The van der Waals surface area contributed by atoms with E-state index in [0.29, 0.717) is 19.0 Å². The molecule has 3 nitrogen and oxygen atoms in total. The number of rotatable bonds is 2. The molecule has 1 unspecified atom stereocenters. The second-order valence-electron chi connectivity index (χ2n) is 5.62. The Morgan fingerprint density at radius 3 is 2.67 bits per heavy atom. The van der Waals surface area contributed by atoms with Crippen molar-refractivity contribution in [2.45, 2.75) is 25.9 Å². The lowest BCUT2D eigenvalue weighted by Crippen LogP contribution is -2.43. The molecule has 3 rings (SSSR count). The molecular formula is C18H20N2O. The maximum Gasteiger partial charge on any atom is 0.317 e. The first-order chi connectivity index (χ1) is 10.2. The number of hydrogen-bond acceptors (Lipinski definition) is 1. The fraction of sp³-hybridized carbons (Fsp3) is 0.278. The smallest absolute Gasteiger partial charge is 0.317 e. The Morgan fingerprint density at radius 1 is 1.14 bits per heavy atom. The van der Waals surface area contributed by atoms with Crippen molar-refractivity contribution < 1.29 is 4.79 Å². The highest BCUT2D eigenvalue weighted by atomic mass is 16.2. The van der Waals surface area contributed by atoms with E-state index in [2.05, 4.69) is 30.4 Å². The zero-order chi connectivity index (χ0) is 14.7. The molecule has 2 aromatic rings. The van der Waals surface area contributed by atoms with Gasteiger partial charge in [-0.2, -0.15) is 0 Å². The molecule has 0 saturated heterocycles. The molecule has 0 saturated carbocycles. The minimum absolute atomic E-state index is 0.0141. The monoisotopic (exact) mass is 280 g/mol. The third-order valence-electron chi connectivity index (χ3n) is 4.02. The van der Waals surface area contributed by atoms with Crippen LogP contribution in [0.4, 0.5) is 4.79 Å². The zero-order valence-electron chi connectivity index (χ0n) is 12.3. The van der Waals surface area contributed by atoms with Crippen LogP contribution >= 0.6 is 0 Å². The van der Waals surface area contributed by atoms with E-state index < -0.39 is 0 Å². The number of carbonyl (C=O) groups excluding carboxylic acids is 1. The van der Waals surface area contributed by atoms with Crippen LogP contribution in [0.25, 0.3) is 0 Å². The molecule has 2 aromatic carbocycles. The average Bonchev–Trinajstić information content (AvgIpc) is 2.53. The molecule has 108 valence electrons. The van der Waals surface area contributed by atoms with Crippen molar-refractivity contribution in [1.29, 1.82) is 0 Å². The van der Waals surface area contributed by atoms with Crippen molar-refractivity contribution >= 4 is 6.03 Å². The van der Waals surface area contributed by atoms with Gasteiger partial charge < -0.3 is 10.2 Å². The molecule has 0 spiro atoms. The van der Waals surface area contributed by atoms with E-state index in [1.807, 2.05) is 41.3 Å². The van der Waals surface area contributed by atoms with Crippen molar-refractivity contribution in [2.24, 2.45) is 0 Å². The van der Waals surface area contributed by atoms with E-state index in [1.54, 1.807) is 0 Å². The van der Waals surface area contributed by atoms with E-state index in [0.717, 1.165) is 12.1 Å². The molecule has 0 bridgehead atoms. The normalized spacial score (nSPS) is 17.2. The summed E-state index contributed by atoms with van der Waals surface area (Å²) in [6, 6.07) is 18.4. The van der Waals surface area contributed by atoms with Crippen molar-refractivity contribution in [3.8, 4) is 0 Å². The van der Waals surface area contributed by atoms with E-state index in [4.69, 9.17) is 0 Å². The second kappa shape index (κ2) is 6.00. The summed E-state index contributed by atoms with van der Waals surface area (Å²) >= 11 is 0. The van der Waals surface area contributed by atoms with Gasteiger partial charge in [0.2, 0.25) is 0 Å². The number of amides is 2. The summed E-state index contributed by atoms with van der Waals surface area (Å²) < 4.78 is 0. The number of nitrogens with one attached hydrogen (secondary N) is 1. The summed E-state index contributed by atoms with van der Waals surface area (Å²) in [6.45, 7) is 4.22. The molecule has 1 heterocycles. The van der Waals surface area contributed by atoms with E-state index in [-0.39, 0.29) is 6.03 Å². The number of fused-ring (bicyclic) bond motifs is 1. The van der Waals surface area contributed by atoms with Gasteiger partial charge in [-0.05, 0) is 22.6 Å². The van der Waals surface area contributed by atoms with Crippen LogP contribution in [0.1, 0.15) is 29.5 Å². The van der Waals surface area contributed by atoms with Crippen molar-refractivity contribution in [3.63, 3.8) is 0 Å². The number of carbonyl (C=O) groups is 1. The fourth-order valence-corrected chi connectivity index (χ4v) is 2.90. The molecule has 0 aromatic heterocycles. The predicted octanol–water partition coefficient (Wildman–Crippen LogP) is 3.52. The van der Waals surface area contributed by atoms with Gasteiger partial charge in [-0.1, -0.05) is 61.5 Å². The van der Waals surface area contributed by atoms with Gasteiger partial charge in [0.05, 0.1) is 0 Å². The molecule has 3 heteroatoms.